The average molecular weight is 199 g/mol. The number of hydrogen-bond donors (Lipinski definition) is 0. The van der Waals surface area contributed by atoms with Gasteiger partial charge < -0.3 is 4.90 Å². The minimum absolute atomic E-state index is 0.401. The molecular formula is C12H9NO2. The zero-order chi connectivity index (χ0) is 10.8. The lowest BCUT2D eigenvalue weighted by Gasteiger charge is -2.14. The van der Waals surface area contributed by atoms with Crippen molar-refractivity contribution in [1.82, 2.24) is 0 Å². The smallest absolute Gasteiger partial charge is 0.299 e. The Labute approximate surface area is 87.7 Å². The van der Waals surface area contributed by atoms with Gasteiger partial charge in [-0.3, -0.25) is 9.59 Å². The van der Waals surface area contributed by atoms with Gasteiger partial charge in [-0.1, -0.05) is 12.1 Å². The summed E-state index contributed by atoms with van der Waals surface area (Å²) in [5.41, 5.74) is 1.14. The number of nitrogens with zero attached hydrogens (tertiary/aromatic N) is 1. The summed E-state index contributed by atoms with van der Waals surface area (Å²) in [6.45, 7) is 0.401. The number of hydrogen-bond acceptors (Lipinski definition) is 2. The average Bonchev–Trinajstić information content (AvgIpc) is 2.51. The molecule has 3 nitrogen and oxygen atoms in total. The SMILES string of the molecule is C#CCCN1C(=O)C(=O)c2ccccc21. The lowest BCUT2D eigenvalue weighted by Crippen LogP contribution is -2.30. The molecule has 0 radical (unpaired) electrons. The third-order valence-electron chi connectivity index (χ3n) is 2.36. The van der Waals surface area contributed by atoms with Crippen molar-refractivity contribution in [3.8, 4) is 12.3 Å². The van der Waals surface area contributed by atoms with Crippen LogP contribution >= 0.6 is 0 Å². The van der Waals surface area contributed by atoms with Gasteiger partial charge in [-0.05, 0) is 12.1 Å². The van der Waals surface area contributed by atoms with Gasteiger partial charge in [0, 0.05) is 13.0 Å². The lowest BCUT2D eigenvalue weighted by molar-refractivity contribution is -0.114. The normalized spacial score (nSPS) is 13.9. The molecule has 15 heavy (non-hydrogen) atoms. The van der Waals surface area contributed by atoms with Crippen LogP contribution in [-0.4, -0.2) is 18.2 Å². The molecular weight excluding hydrogens is 190 g/mol. The number of rotatable bonds is 2. The Morgan fingerprint density at radius 1 is 1.27 bits per heavy atom. The van der Waals surface area contributed by atoms with Crippen LogP contribution in [-0.2, 0) is 4.79 Å². The number of amides is 1. The molecule has 3 heteroatoms. The fourth-order valence-electron chi connectivity index (χ4n) is 1.65. The highest BCUT2D eigenvalue weighted by molar-refractivity contribution is 6.52. The largest absolute Gasteiger partial charge is 0.304 e. The van der Waals surface area contributed by atoms with E-state index < -0.39 is 11.7 Å². The Bertz CT molecular complexity index is 471. The maximum Gasteiger partial charge on any atom is 0.299 e. The van der Waals surface area contributed by atoms with Crippen molar-refractivity contribution in [2.24, 2.45) is 0 Å². The van der Waals surface area contributed by atoms with E-state index in [0.29, 0.717) is 24.2 Å². The summed E-state index contributed by atoms with van der Waals surface area (Å²) in [7, 11) is 0. The number of fused-ring (bicyclic) bond motifs is 1. The summed E-state index contributed by atoms with van der Waals surface area (Å²) >= 11 is 0. The fraction of sp³-hybridized carbons (Fsp3) is 0.167. The van der Waals surface area contributed by atoms with E-state index in [4.69, 9.17) is 6.42 Å². The highest BCUT2D eigenvalue weighted by atomic mass is 16.2. The summed E-state index contributed by atoms with van der Waals surface area (Å²) in [4.78, 5) is 24.5. The predicted octanol–water partition coefficient (Wildman–Crippen LogP) is 1.24. The standard InChI is InChI=1S/C12H9NO2/c1-2-3-8-13-10-7-5-4-6-9(10)11(14)12(13)15/h1,4-7H,3,8H2. The first-order valence-electron chi connectivity index (χ1n) is 4.64. The summed E-state index contributed by atoms with van der Waals surface area (Å²) in [5.74, 6) is 1.53. The Balaban J connectivity index is 2.39. The Kier molecular flexibility index (Phi) is 2.26. The van der Waals surface area contributed by atoms with E-state index in [2.05, 4.69) is 5.92 Å². The van der Waals surface area contributed by atoms with Crippen LogP contribution in [0.1, 0.15) is 16.8 Å². The molecule has 0 unspecified atom stereocenters. The van der Waals surface area contributed by atoms with Crippen LogP contribution < -0.4 is 4.90 Å². The van der Waals surface area contributed by atoms with Gasteiger partial charge in [0.25, 0.3) is 11.7 Å². The second-order valence-corrected chi connectivity index (χ2v) is 3.26. The van der Waals surface area contributed by atoms with Gasteiger partial charge in [0.2, 0.25) is 0 Å². The van der Waals surface area contributed by atoms with Gasteiger partial charge in [-0.2, -0.15) is 0 Å². The summed E-state index contributed by atoms with van der Waals surface area (Å²) in [6, 6.07) is 6.96. The summed E-state index contributed by atoms with van der Waals surface area (Å²) in [5, 5.41) is 0. The fourth-order valence-corrected chi connectivity index (χ4v) is 1.65. The number of ketones is 1. The molecule has 1 aliphatic heterocycles. The minimum Gasteiger partial charge on any atom is -0.304 e. The summed E-state index contributed by atoms with van der Waals surface area (Å²) < 4.78 is 0. The van der Waals surface area contributed by atoms with Crippen LogP contribution in [0.2, 0.25) is 0 Å². The quantitative estimate of drug-likeness (QED) is 0.531. The van der Waals surface area contributed by atoms with Gasteiger partial charge in [0.05, 0.1) is 11.3 Å². The highest BCUT2D eigenvalue weighted by Crippen LogP contribution is 2.28. The molecule has 1 aliphatic rings. The second-order valence-electron chi connectivity index (χ2n) is 3.26. The molecule has 0 saturated heterocycles. The van der Waals surface area contributed by atoms with E-state index in [1.54, 1.807) is 24.3 Å². The molecule has 74 valence electrons. The van der Waals surface area contributed by atoms with Crippen LogP contribution in [0.3, 0.4) is 0 Å². The van der Waals surface area contributed by atoms with Crippen LogP contribution in [0.25, 0.3) is 0 Å². The number of carbonyl (C=O) groups excluding carboxylic acids is 2. The molecule has 0 atom stereocenters. The van der Waals surface area contributed by atoms with Gasteiger partial charge in [0.1, 0.15) is 0 Å². The maximum absolute atomic E-state index is 11.6. The van der Waals surface area contributed by atoms with E-state index in [1.807, 2.05) is 0 Å². The number of terminal acetylenes is 1. The Morgan fingerprint density at radius 3 is 2.73 bits per heavy atom. The molecule has 0 spiro atoms. The van der Waals surface area contributed by atoms with E-state index in [9.17, 15) is 9.59 Å². The Morgan fingerprint density at radius 2 is 2.00 bits per heavy atom. The number of para-hydroxylation sites is 1. The molecule has 0 N–H and O–H groups in total. The van der Waals surface area contributed by atoms with Crippen molar-refractivity contribution >= 4 is 17.4 Å². The third kappa shape index (κ3) is 1.40. The first-order chi connectivity index (χ1) is 7.25. The molecule has 0 aromatic heterocycles. The first kappa shape index (κ1) is 9.47. The van der Waals surface area contributed by atoms with Crippen LogP contribution in [0, 0.1) is 12.3 Å². The van der Waals surface area contributed by atoms with E-state index in [1.165, 1.54) is 4.90 Å². The van der Waals surface area contributed by atoms with Crippen LogP contribution in [0.5, 0.6) is 0 Å². The monoisotopic (exact) mass is 199 g/mol. The molecule has 2 rings (SSSR count). The van der Waals surface area contributed by atoms with Crippen molar-refractivity contribution < 1.29 is 9.59 Å². The molecule has 0 saturated carbocycles. The lowest BCUT2D eigenvalue weighted by atomic mass is 10.1. The number of carbonyl (C=O) groups is 2. The molecule has 1 aromatic carbocycles. The van der Waals surface area contributed by atoms with E-state index >= 15 is 0 Å². The number of anilines is 1. The zero-order valence-corrected chi connectivity index (χ0v) is 8.06. The topological polar surface area (TPSA) is 37.4 Å². The molecule has 1 heterocycles. The van der Waals surface area contributed by atoms with Crippen LogP contribution in [0.15, 0.2) is 24.3 Å². The third-order valence-corrected chi connectivity index (χ3v) is 2.36. The van der Waals surface area contributed by atoms with Gasteiger partial charge in [0.15, 0.2) is 0 Å². The van der Waals surface area contributed by atoms with Gasteiger partial charge in [-0.15, -0.1) is 12.3 Å². The van der Waals surface area contributed by atoms with Gasteiger partial charge >= 0.3 is 0 Å². The minimum atomic E-state index is -0.480. The molecule has 1 amide bonds. The van der Waals surface area contributed by atoms with E-state index in [0.717, 1.165) is 0 Å². The van der Waals surface area contributed by atoms with Crippen LogP contribution in [0.4, 0.5) is 5.69 Å². The Hall–Kier alpha value is -2.08. The number of Topliss-reactive ketones (excluding diaryl/α,β-unsaturated/α-hetero) is 1. The zero-order valence-electron chi connectivity index (χ0n) is 8.06. The second kappa shape index (κ2) is 3.58. The molecule has 0 fully saturated rings. The van der Waals surface area contributed by atoms with Crippen molar-refractivity contribution in [3.05, 3.63) is 29.8 Å². The molecule has 0 bridgehead atoms. The maximum atomic E-state index is 11.6. The van der Waals surface area contributed by atoms with E-state index in [-0.39, 0.29) is 0 Å². The summed E-state index contributed by atoms with van der Waals surface area (Å²) in [6.07, 6.45) is 5.59. The van der Waals surface area contributed by atoms with Crippen molar-refractivity contribution in [1.29, 1.82) is 0 Å². The highest BCUT2D eigenvalue weighted by Gasteiger charge is 2.34. The molecule has 0 aliphatic carbocycles. The van der Waals surface area contributed by atoms with Crippen molar-refractivity contribution in [2.45, 2.75) is 6.42 Å². The first-order valence-corrected chi connectivity index (χ1v) is 4.64. The van der Waals surface area contributed by atoms with Crippen molar-refractivity contribution in [2.75, 3.05) is 11.4 Å². The predicted molar refractivity (Wildman–Crippen MR) is 56.6 cm³/mol. The van der Waals surface area contributed by atoms with Gasteiger partial charge in [-0.25, -0.2) is 0 Å². The van der Waals surface area contributed by atoms with Crippen molar-refractivity contribution in [3.63, 3.8) is 0 Å². The number of benzene rings is 1. The molecule has 1 aromatic rings.